The number of hydrogen-bond donors (Lipinski definition) is 2. The average Bonchev–Trinajstić information content (AvgIpc) is 2.29. The highest BCUT2D eigenvalue weighted by molar-refractivity contribution is 5.79. The number of likely N-dealkylation sites (tertiary alicyclic amines) is 1. The maximum absolute atomic E-state index is 5.46. The minimum absolute atomic E-state index is 0.761. The maximum Gasteiger partial charge on any atom is 0.208 e. The van der Waals surface area contributed by atoms with Gasteiger partial charge >= 0.3 is 0 Å². The van der Waals surface area contributed by atoms with E-state index in [0.29, 0.717) is 0 Å². The lowest BCUT2D eigenvalue weighted by molar-refractivity contribution is 0.199. The smallest absolute Gasteiger partial charge is 0.208 e. The molecule has 0 aromatic rings. The zero-order valence-electron chi connectivity index (χ0n) is 10.7. The first-order chi connectivity index (χ1) is 7.67. The fourth-order valence-corrected chi connectivity index (χ4v) is 2.14. The van der Waals surface area contributed by atoms with Crippen LogP contribution in [0.4, 0.5) is 0 Å². The largest absolute Gasteiger partial charge is 0.345 e. The zero-order chi connectivity index (χ0) is 12.0. The Balaban J connectivity index is 2.38. The third kappa shape index (κ3) is 3.98. The summed E-state index contributed by atoms with van der Waals surface area (Å²) in [7, 11) is 4.23. The molecule has 3 N–H and O–H groups in total. The number of aliphatic imine (C=N–C) groups is 1. The van der Waals surface area contributed by atoms with E-state index in [-0.39, 0.29) is 0 Å². The Morgan fingerprint density at radius 3 is 2.62 bits per heavy atom. The van der Waals surface area contributed by atoms with E-state index in [9.17, 15) is 0 Å². The number of hydrazine groups is 1. The Labute approximate surface area is 98.7 Å². The lowest BCUT2D eigenvalue weighted by atomic mass is 9.97. The van der Waals surface area contributed by atoms with Crippen LogP contribution in [0.2, 0.25) is 0 Å². The highest BCUT2D eigenvalue weighted by Crippen LogP contribution is 2.16. The summed E-state index contributed by atoms with van der Waals surface area (Å²) in [6.45, 7) is 6.22. The minimum Gasteiger partial charge on any atom is -0.345 e. The number of piperidine rings is 1. The van der Waals surface area contributed by atoms with Crippen molar-refractivity contribution < 1.29 is 0 Å². The van der Waals surface area contributed by atoms with Crippen molar-refractivity contribution in [3.8, 4) is 0 Å². The van der Waals surface area contributed by atoms with Gasteiger partial charge in [-0.2, -0.15) is 0 Å². The van der Waals surface area contributed by atoms with Gasteiger partial charge in [0.15, 0.2) is 0 Å². The van der Waals surface area contributed by atoms with Crippen molar-refractivity contribution in [2.75, 3.05) is 40.3 Å². The van der Waals surface area contributed by atoms with Crippen molar-refractivity contribution in [2.45, 2.75) is 19.8 Å². The van der Waals surface area contributed by atoms with E-state index >= 15 is 0 Å². The fourth-order valence-electron chi connectivity index (χ4n) is 2.14. The van der Waals surface area contributed by atoms with Gasteiger partial charge in [-0.1, -0.05) is 0 Å². The number of rotatable bonds is 3. The number of nitrogens with zero attached hydrogens (tertiary/aromatic N) is 3. The van der Waals surface area contributed by atoms with Crippen LogP contribution in [0, 0.1) is 5.92 Å². The molecule has 0 amide bonds. The average molecular weight is 227 g/mol. The van der Waals surface area contributed by atoms with E-state index in [0.717, 1.165) is 25.0 Å². The van der Waals surface area contributed by atoms with Crippen LogP contribution >= 0.6 is 0 Å². The molecule has 94 valence electrons. The maximum atomic E-state index is 5.46. The summed E-state index contributed by atoms with van der Waals surface area (Å²) in [5.74, 6) is 7.01. The van der Waals surface area contributed by atoms with Crippen molar-refractivity contribution in [2.24, 2.45) is 16.8 Å². The van der Waals surface area contributed by atoms with Crippen LogP contribution < -0.4 is 11.3 Å². The van der Waals surface area contributed by atoms with Crippen molar-refractivity contribution in [3.63, 3.8) is 0 Å². The lowest BCUT2D eigenvalue weighted by Crippen LogP contribution is -2.46. The predicted octanol–water partition coefficient (Wildman–Crippen LogP) is 0.0992. The van der Waals surface area contributed by atoms with Crippen LogP contribution in [-0.4, -0.2) is 56.0 Å². The Morgan fingerprint density at radius 2 is 2.12 bits per heavy atom. The molecule has 0 aromatic heterocycles. The molecule has 0 aliphatic carbocycles. The highest BCUT2D eigenvalue weighted by atomic mass is 15.4. The van der Waals surface area contributed by atoms with Gasteiger partial charge in [0.25, 0.3) is 0 Å². The summed E-state index contributed by atoms with van der Waals surface area (Å²) in [5, 5.41) is 0. The second-order valence-electron chi connectivity index (χ2n) is 4.57. The molecule has 1 fully saturated rings. The minimum atomic E-state index is 0.761. The zero-order valence-corrected chi connectivity index (χ0v) is 10.7. The Bertz CT molecular complexity index is 220. The lowest BCUT2D eigenvalue weighted by Gasteiger charge is -2.32. The molecule has 1 rings (SSSR count). The number of nitrogens with two attached hydrogens (primary N) is 1. The van der Waals surface area contributed by atoms with Gasteiger partial charge < -0.3 is 9.80 Å². The van der Waals surface area contributed by atoms with E-state index < -0.39 is 0 Å². The Kier molecular flexibility index (Phi) is 5.55. The highest BCUT2D eigenvalue weighted by Gasteiger charge is 2.19. The molecular weight excluding hydrogens is 202 g/mol. The molecule has 1 heterocycles. The van der Waals surface area contributed by atoms with Crippen molar-refractivity contribution in [1.82, 2.24) is 15.2 Å². The summed E-state index contributed by atoms with van der Waals surface area (Å²) < 4.78 is 0. The van der Waals surface area contributed by atoms with E-state index in [1.165, 1.54) is 25.9 Å². The van der Waals surface area contributed by atoms with Gasteiger partial charge in [-0.25, -0.2) is 5.84 Å². The number of nitrogens with one attached hydrogen (secondary N) is 1. The van der Waals surface area contributed by atoms with Crippen LogP contribution in [0.1, 0.15) is 19.8 Å². The first kappa shape index (κ1) is 13.3. The number of guanidine groups is 1. The van der Waals surface area contributed by atoms with Crippen LogP contribution in [0.3, 0.4) is 0 Å². The van der Waals surface area contributed by atoms with Crippen LogP contribution in [0.25, 0.3) is 0 Å². The first-order valence-corrected chi connectivity index (χ1v) is 6.08. The van der Waals surface area contributed by atoms with Crippen LogP contribution in [0.15, 0.2) is 4.99 Å². The fraction of sp³-hybridized carbons (Fsp3) is 0.909. The standard InChI is InChI=1S/C11H25N5/c1-4-13-11(14-12)16(3)9-10-5-7-15(2)8-6-10/h10H,4-9,12H2,1-3H3,(H,13,14). The summed E-state index contributed by atoms with van der Waals surface area (Å²) in [5.41, 5.74) is 2.67. The molecule has 1 saturated heterocycles. The topological polar surface area (TPSA) is 56.9 Å². The molecule has 5 heteroatoms. The molecule has 1 aliphatic rings. The summed E-state index contributed by atoms with van der Waals surface area (Å²) in [6.07, 6.45) is 2.54. The van der Waals surface area contributed by atoms with E-state index in [2.05, 4.69) is 27.3 Å². The van der Waals surface area contributed by atoms with Gasteiger partial charge in [0.05, 0.1) is 0 Å². The van der Waals surface area contributed by atoms with Crippen LogP contribution in [-0.2, 0) is 0 Å². The molecule has 0 saturated carbocycles. The van der Waals surface area contributed by atoms with Crippen LogP contribution in [0.5, 0.6) is 0 Å². The second kappa shape index (κ2) is 6.70. The quantitative estimate of drug-likeness (QED) is 0.311. The predicted molar refractivity (Wildman–Crippen MR) is 68.2 cm³/mol. The molecule has 5 nitrogen and oxygen atoms in total. The van der Waals surface area contributed by atoms with E-state index in [1.54, 1.807) is 0 Å². The molecule has 0 spiro atoms. The molecule has 0 bridgehead atoms. The molecule has 0 unspecified atom stereocenters. The third-order valence-electron chi connectivity index (χ3n) is 3.17. The van der Waals surface area contributed by atoms with E-state index in [4.69, 9.17) is 5.84 Å². The molecule has 16 heavy (non-hydrogen) atoms. The van der Waals surface area contributed by atoms with E-state index in [1.807, 2.05) is 14.0 Å². The normalized spacial score (nSPS) is 19.9. The van der Waals surface area contributed by atoms with Gasteiger partial charge in [0, 0.05) is 20.1 Å². The summed E-state index contributed by atoms with van der Waals surface area (Å²) in [4.78, 5) is 8.83. The van der Waals surface area contributed by atoms with Gasteiger partial charge in [0.1, 0.15) is 0 Å². The van der Waals surface area contributed by atoms with Gasteiger partial charge in [-0.05, 0) is 45.8 Å². The second-order valence-corrected chi connectivity index (χ2v) is 4.57. The Hall–Kier alpha value is -0.810. The van der Waals surface area contributed by atoms with Crippen molar-refractivity contribution >= 4 is 5.96 Å². The summed E-state index contributed by atoms with van der Waals surface area (Å²) >= 11 is 0. The first-order valence-electron chi connectivity index (χ1n) is 6.08. The SMILES string of the molecule is CCN=C(NN)N(C)CC1CCN(C)CC1. The molecule has 1 aliphatic heterocycles. The van der Waals surface area contributed by atoms with Crippen molar-refractivity contribution in [1.29, 1.82) is 0 Å². The van der Waals surface area contributed by atoms with Crippen molar-refractivity contribution in [3.05, 3.63) is 0 Å². The van der Waals surface area contributed by atoms with Gasteiger partial charge in [0.2, 0.25) is 5.96 Å². The molecule has 0 atom stereocenters. The third-order valence-corrected chi connectivity index (χ3v) is 3.17. The molecule has 0 radical (unpaired) electrons. The monoisotopic (exact) mass is 227 g/mol. The number of hydrogen-bond acceptors (Lipinski definition) is 3. The van der Waals surface area contributed by atoms with Gasteiger partial charge in [-0.15, -0.1) is 0 Å². The molecule has 0 aromatic carbocycles. The van der Waals surface area contributed by atoms with Gasteiger partial charge in [-0.3, -0.25) is 10.4 Å². The molecular formula is C11H25N5. The summed E-state index contributed by atoms with van der Waals surface area (Å²) in [6, 6.07) is 0. The Morgan fingerprint density at radius 1 is 1.50 bits per heavy atom.